The van der Waals surface area contributed by atoms with Crippen LogP contribution >= 0.6 is 0 Å². The Balaban J connectivity index is 2.21. The summed E-state index contributed by atoms with van der Waals surface area (Å²) in [6.45, 7) is 2.24. The van der Waals surface area contributed by atoms with Crippen molar-refractivity contribution in [2.24, 2.45) is 11.7 Å². The minimum absolute atomic E-state index is 0.0532. The number of hydrogen-bond acceptors (Lipinski definition) is 2. The fourth-order valence-electron chi connectivity index (χ4n) is 2.10. The molecular formula is C10H14N2. The molecule has 1 aliphatic rings. The van der Waals surface area contributed by atoms with Crippen LogP contribution in [0, 0.1) is 5.92 Å². The molecule has 0 aromatic carbocycles. The highest BCUT2D eigenvalue weighted by molar-refractivity contribution is 5.24. The van der Waals surface area contributed by atoms with Crippen molar-refractivity contribution in [1.82, 2.24) is 4.98 Å². The fourth-order valence-corrected chi connectivity index (χ4v) is 2.10. The van der Waals surface area contributed by atoms with Gasteiger partial charge in [-0.15, -0.1) is 0 Å². The van der Waals surface area contributed by atoms with Crippen LogP contribution in [0.15, 0.2) is 24.5 Å². The van der Waals surface area contributed by atoms with E-state index in [1.165, 1.54) is 5.56 Å². The number of hydrogen-bond donors (Lipinski definition) is 1. The lowest BCUT2D eigenvalue weighted by atomic mass is 9.66. The van der Waals surface area contributed by atoms with Crippen molar-refractivity contribution in [3.05, 3.63) is 30.1 Å². The molecule has 1 aromatic rings. The van der Waals surface area contributed by atoms with Gasteiger partial charge < -0.3 is 5.73 Å². The zero-order valence-electron chi connectivity index (χ0n) is 7.33. The predicted molar refractivity (Wildman–Crippen MR) is 48.5 cm³/mol. The Morgan fingerprint density at radius 1 is 1.42 bits per heavy atom. The molecule has 2 nitrogen and oxygen atoms in total. The topological polar surface area (TPSA) is 38.9 Å². The molecule has 0 saturated heterocycles. The number of nitrogens with two attached hydrogens (primary N) is 1. The van der Waals surface area contributed by atoms with Crippen LogP contribution < -0.4 is 5.73 Å². The molecule has 0 bridgehead atoms. The molecule has 64 valence electrons. The normalized spacial score (nSPS) is 34.3. The van der Waals surface area contributed by atoms with Gasteiger partial charge in [-0.05, 0) is 36.5 Å². The monoisotopic (exact) mass is 162 g/mol. The van der Waals surface area contributed by atoms with Gasteiger partial charge in [-0.3, -0.25) is 4.98 Å². The average molecular weight is 162 g/mol. The first kappa shape index (κ1) is 7.74. The Hall–Kier alpha value is -0.890. The second-order valence-electron chi connectivity index (χ2n) is 3.91. The van der Waals surface area contributed by atoms with Gasteiger partial charge in [-0.1, -0.05) is 6.92 Å². The molecule has 0 unspecified atom stereocenters. The first-order valence-corrected chi connectivity index (χ1v) is 4.40. The second-order valence-corrected chi connectivity index (χ2v) is 3.91. The van der Waals surface area contributed by atoms with Crippen molar-refractivity contribution >= 4 is 0 Å². The maximum atomic E-state index is 6.19. The summed E-state index contributed by atoms with van der Waals surface area (Å²) in [5.41, 5.74) is 7.37. The maximum absolute atomic E-state index is 6.19. The molecular weight excluding hydrogens is 148 g/mol. The lowest BCUT2D eigenvalue weighted by Gasteiger charge is -2.43. The van der Waals surface area contributed by atoms with Crippen LogP contribution in [0.5, 0.6) is 0 Å². The van der Waals surface area contributed by atoms with Crippen molar-refractivity contribution < 1.29 is 0 Å². The molecule has 0 amide bonds. The molecule has 1 heterocycles. The average Bonchev–Trinajstić information content (AvgIpc) is 2.04. The van der Waals surface area contributed by atoms with Crippen molar-refractivity contribution in [3.8, 4) is 0 Å². The van der Waals surface area contributed by atoms with E-state index in [0.717, 1.165) is 18.8 Å². The SMILES string of the molecule is CC1CC(N)(c2ccncc2)C1. The van der Waals surface area contributed by atoms with Gasteiger partial charge in [0.05, 0.1) is 0 Å². The smallest absolute Gasteiger partial charge is 0.0415 e. The molecule has 2 rings (SSSR count). The molecule has 1 aromatic heterocycles. The molecule has 1 aliphatic carbocycles. The van der Waals surface area contributed by atoms with E-state index >= 15 is 0 Å². The van der Waals surface area contributed by atoms with Gasteiger partial charge in [0.2, 0.25) is 0 Å². The molecule has 0 spiro atoms. The third kappa shape index (κ3) is 1.12. The summed E-state index contributed by atoms with van der Waals surface area (Å²) in [5.74, 6) is 0.781. The quantitative estimate of drug-likeness (QED) is 0.682. The van der Waals surface area contributed by atoms with Crippen LogP contribution in [0.2, 0.25) is 0 Å². The summed E-state index contributed by atoms with van der Waals surface area (Å²) in [7, 11) is 0. The van der Waals surface area contributed by atoms with Gasteiger partial charge in [0, 0.05) is 17.9 Å². The Morgan fingerprint density at radius 2 is 2.00 bits per heavy atom. The zero-order chi connectivity index (χ0) is 8.60. The fraction of sp³-hybridized carbons (Fsp3) is 0.500. The lowest BCUT2D eigenvalue weighted by molar-refractivity contribution is 0.164. The highest BCUT2D eigenvalue weighted by Crippen LogP contribution is 2.42. The Morgan fingerprint density at radius 3 is 2.50 bits per heavy atom. The van der Waals surface area contributed by atoms with E-state index in [1.54, 1.807) is 0 Å². The number of rotatable bonds is 1. The molecule has 2 heteroatoms. The van der Waals surface area contributed by atoms with Crippen LogP contribution in [0.3, 0.4) is 0 Å². The molecule has 1 saturated carbocycles. The maximum Gasteiger partial charge on any atom is 0.0415 e. The van der Waals surface area contributed by atoms with Crippen LogP contribution in [0.1, 0.15) is 25.3 Å². The summed E-state index contributed by atoms with van der Waals surface area (Å²) >= 11 is 0. The van der Waals surface area contributed by atoms with Gasteiger partial charge >= 0.3 is 0 Å². The van der Waals surface area contributed by atoms with Gasteiger partial charge in [-0.2, -0.15) is 0 Å². The molecule has 0 radical (unpaired) electrons. The Bertz CT molecular complexity index is 262. The molecule has 2 N–H and O–H groups in total. The Labute approximate surface area is 72.8 Å². The van der Waals surface area contributed by atoms with Gasteiger partial charge in [-0.25, -0.2) is 0 Å². The molecule has 0 atom stereocenters. The van der Waals surface area contributed by atoms with Crippen molar-refractivity contribution in [3.63, 3.8) is 0 Å². The minimum atomic E-state index is -0.0532. The summed E-state index contributed by atoms with van der Waals surface area (Å²) in [5, 5.41) is 0. The van der Waals surface area contributed by atoms with E-state index in [1.807, 2.05) is 24.5 Å². The standard InChI is InChI=1S/C10H14N2/c1-8-6-10(11,7-8)9-2-4-12-5-3-9/h2-5,8H,6-7,11H2,1H3. The van der Waals surface area contributed by atoms with Gasteiger partial charge in [0.15, 0.2) is 0 Å². The predicted octanol–water partition coefficient (Wildman–Crippen LogP) is 1.67. The van der Waals surface area contributed by atoms with Crippen molar-refractivity contribution in [1.29, 1.82) is 0 Å². The summed E-state index contributed by atoms with van der Waals surface area (Å²) in [6, 6.07) is 4.04. The van der Waals surface area contributed by atoms with Crippen LogP contribution in [0.25, 0.3) is 0 Å². The van der Waals surface area contributed by atoms with Crippen molar-refractivity contribution in [2.75, 3.05) is 0 Å². The Kier molecular flexibility index (Phi) is 1.65. The van der Waals surface area contributed by atoms with E-state index in [0.29, 0.717) is 0 Å². The highest BCUT2D eigenvalue weighted by atomic mass is 14.8. The molecule has 0 aliphatic heterocycles. The first-order chi connectivity index (χ1) is 5.71. The van der Waals surface area contributed by atoms with Crippen LogP contribution in [-0.4, -0.2) is 4.98 Å². The van der Waals surface area contributed by atoms with E-state index in [4.69, 9.17) is 5.73 Å². The van der Waals surface area contributed by atoms with Gasteiger partial charge in [0.1, 0.15) is 0 Å². The third-order valence-electron chi connectivity index (χ3n) is 2.68. The summed E-state index contributed by atoms with van der Waals surface area (Å²) in [4.78, 5) is 3.98. The van der Waals surface area contributed by atoms with E-state index in [-0.39, 0.29) is 5.54 Å². The zero-order valence-corrected chi connectivity index (χ0v) is 7.33. The number of nitrogens with zero attached hydrogens (tertiary/aromatic N) is 1. The largest absolute Gasteiger partial charge is 0.321 e. The molecule has 12 heavy (non-hydrogen) atoms. The summed E-state index contributed by atoms with van der Waals surface area (Å²) < 4.78 is 0. The third-order valence-corrected chi connectivity index (χ3v) is 2.68. The van der Waals surface area contributed by atoms with E-state index in [2.05, 4.69) is 11.9 Å². The van der Waals surface area contributed by atoms with E-state index < -0.39 is 0 Å². The number of pyridine rings is 1. The van der Waals surface area contributed by atoms with E-state index in [9.17, 15) is 0 Å². The summed E-state index contributed by atoms with van der Waals surface area (Å²) in [6.07, 6.45) is 5.84. The minimum Gasteiger partial charge on any atom is -0.321 e. The van der Waals surface area contributed by atoms with Gasteiger partial charge in [0.25, 0.3) is 0 Å². The second kappa shape index (κ2) is 2.56. The highest BCUT2D eigenvalue weighted by Gasteiger charge is 2.39. The number of aromatic nitrogens is 1. The molecule has 1 fully saturated rings. The van der Waals surface area contributed by atoms with Crippen molar-refractivity contribution in [2.45, 2.75) is 25.3 Å². The van der Waals surface area contributed by atoms with Crippen LogP contribution in [-0.2, 0) is 5.54 Å². The van der Waals surface area contributed by atoms with Crippen LogP contribution in [0.4, 0.5) is 0 Å². The lowest BCUT2D eigenvalue weighted by Crippen LogP contribution is -2.47. The first-order valence-electron chi connectivity index (χ1n) is 4.40.